The Morgan fingerprint density at radius 1 is 1.47 bits per heavy atom. The van der Waals surface area contributed by atoms with E-state index in [1.807, 2.05) is 32.1 Å². The van der Waals surface area contributed by atoms with Gasteiger partial charge in [-0.25, -0.2) is 0 Å². The summed E-state index contributed by atoms with van der Waals surface area (Å²) in [6, 6.07) is 5.28. The van der Waals surface area contributed by atoms with E-state index in [0.717, 1.165) is 11.3 Å². The zero-order valence-corrected chi connectivity index (χ0v) is 10.0. The van der Waals surface area contributed by atoms with Gasteiger partial charge in [0, 0.05) is 10.6 Å². The van der Waals surface area contributed by atoms with Gasteiger partial charge in [0.25, 0.3) is 0 Å². The number of halogens is 1. The maximum absolute atomic E-state index is 6.03. The van der Waals surface area contributed by atoms with E-state index in [1.54, 1.807) is 13.2 Å². The van der Waals surface area contributed by atoms with E-state index < -0.39 is 0 Å². The van der Waals surface area contributed by atoms with E-state index in [0.29, 0.717) is 5.02 Å². The van der Waals surface area contributed by atoms with Crippen molar-refractivity contribution in [2.45, 2.75) is 19.9 Å². The molecule has 0 aliphatic heterocycles. The third-order valence-corrected chi connectivity index (χ3v) is 2.30. The highest BCUT2D eigenvalue weighted by Gasteiger charge is 2.09. The van der Waals surface area contributed by atoms with E-state index in [-0.39, 0.29) is 6.04 Å². The lowest BCUT2D eigenvalue weighted by Crippen LogP contribution is -2.09. The molecule has 1 aromatic rings. The van der Waals surface area contributed by atoms with Crippen molar-refractivity contribution >= 4 is 11.6 Å². The molecule has 0 aromatic heterocycles. The molecule has 1 rings (SSSR count). The van der Waals surface area contributed by atoms with E-state index >= 15 is 0 Å². The van der Waals surface area contributed by atoms with Gasteiger partial charge in [0.2, 0.25) is 0 Å². The summed E-state index contributed by atoms with van der Waals surface area (Å²) in [5.74, 6) is 0.768. The predicted molar refractivity (Wildman–Crippen MR) is 64.4 cm³/mol. The molecule has 0 saturated heterocycles. The average molecular weight is 226 g/mol. The molecular formula is C12H16ClNO. The topological polar surface area (TPSA) is 35.2 Å². The molecule has 0 aliphatic carbocycles. The fraction of sp³-hybridized carbons (Fsp3) is 0.333. The minimum atomic E-state index is -0.177. The summed E-state index contributed by atoms with van der Waals surface area (Å²) < 4.78 is 5.24. The lowest BCUT2D eigenvalue weighted by Gasteiger charge is -2.13. The monoisotopic (exact) mass is 225 g/mol. The van der Waals surface area contributed by atoms with Gasteiger partial charge >= 0.3 is 0 Å². The first-order chi connectivity index (χ1) is 7.04. The first-order valence-electron chi connectivity index (χ1n) is 4.78. The lowest BCUT2D eigenvalue weighted by molar-refractivity contribution is 0.408. The van der Waals surface area contributed by atoms with Crippen LogP contribution in [0.1, 0.15) is 25.5 Å². The number of benzene rings is 1. The fourth-order valence-electron chi connectivity index (χ4n) is 1.41. The minimum absolute atomic E-state index is 0.177. The molecule has 0 heterocycles. The van der Waals surface area contributed by atoms with Gasteiger partial charge in [-0.2, -0.15) is 0 Å². The molecular weight excluding hydrogens is 210 g/mol. The molecule has 0 saturated carbocycles. The molecule has 15 heavy (non-hydrogen) atoms. The van der Waals surface area contributed by atoms with Gasteiger partial charge in [-0.05, 0) is 32.0 Å². The normalized spacial score (nSPS) is 12.1. The van der Waals surface area contributed by atoms with Gasteiger partial charge in [0.05, 0.1) is 13.2 Å². The number of hydrogen-bond acceptors (Lipinski definition) is 2. The van der Waals surface area contributed by atoms with Gasteiger partial charge < -0.3 is 10.5 Å². The molecule has 1 aromatic carbocycles. The van der Waals surface area contributed by atoms with Crippen LogP contribution >= 0.6 is 11.6 Å². The van der Waals surface area contributed by atoms with Gasteiger partial charge in [-0.15, -0.1) is 0 Å². The van der Waals surface area contributed by atoms with Crippen molar-refractivity contribution in [3.8, 4) is 5.75 Å². The first kappa shape index (κ1) is 12.1. The van der Waals surface area contributed by atoms with Crippen LogP contribution in [0.2, 0.25) is 5.02 Å². The summed E-state index contributed by atoms with van der Waals surface area (Å²) in [7, 11) is 1.63. The SMILES string of the molecule is COc1ccc(Cl)cc1C(N)C=C(C)C. The smallest absolute Gasteiger partial charge is 0.124 e. The Kier molecular flexibility index (Phi) is 4.18. The molecule has 0 amide bonds. The van der Waals surface area contributed by atoms with Crippen molar-refractivity contribution in [2.24, 2.45) is 5.73 Å². The summed E-state index contributed by atoms with van der Waals surface area (Å²) in [5, 5.41) is 0.670. The zero-order valence-electron chi connectivity index (χ0n) is 9.25. The van der Waals surface area contributed by atoms with Gasteiger partial charge in [0.15, 0.2) is 0 Å². The number of methoxy groups -OCH3 is 1. The third-order valence-electron chi connectivity index (χ3n) is 2.06. The van der Waals surface area contributed by atoms with Crippen molar-refractivity contribution in [3.63, 3.8) is 0 Å². The second-order valence-electron chi connectivity index (χ2n) is 3.66. The van der Waals surface area contributed by atoms with Crippen molar-refractivity contribution in [2.75, 3.05) is 7.11 Å². The van der Waals surface area contributed by atoms with Crippen LogP contribution in [0.25, 0.3) is 0 Å². The van der Waals surface area contributed by atoms with Crippen LogP contribution in [0.15, 0.2) is 29.8 Å². The molecule has 0 fully saturated rings. The number of ether oxygens (including phenoxy) is 1. The highest BCUT2D eigenvalue weighted by Crippen LogP contribution is 2.28. The summed E-state index contributed by atoms with van der Waals surface area (Å²) in [5.41, 5.74) is 8.11. The summed E-state index contributed by atoms with van der Waals surface area (Å²) in [6.45, 7) is 4.02. The summed E-state index contributed by atoms with van der Waals surface area (Å²) >= 11 is 5.92. The van der Waals surface area contributed by atoms with Crippen molar-refractivity contribution in [1.29, 1.82) is 0 Å². The van der Waals surface area contributed by atoms with E-state index in [4.69, 9.17) is 22.1 Å². The summed E-state index contributed by atoms with van der Waals surface area (Å²) in [4.78, 5) is 0. The van der Waals surface area contributed by atoms with Crippen molar-refractivity contribution < 1.29 is 4.74 Å². The van der Waals surface area contributed by atoms with Crippen LogP contribution < -0.4 is 10.5 Å². The molecule has 2 nitrogen and oxygen atoms in total. The van der Waals surface area contributed by atoms with E-state index in [9.17, 15) is 0 Å². The van der Waals surface area contributed by atoms with E-state index in [1.165, 1.54) is 5.57 Å². The Morgan fingerprint density at radius 2 is 2.13 bits per heavy atom. The van der Waals surface area contributed by atoms with Crippen LogP contribution in [-0.4, -0.2) is 7.11 Å². The molecule has 0 radical (unpaired) electrons. The van der Waals surface area contributed by atoms with Crippen molar-refractivity contribution in [1.82, 2.24) is 0 Å². The Morgan fingerprint density at radius 3 is 2.67 bits per heavy atom. The van der Waals surface area contributed by atoms with Gasteiger partial charge in [-0.3, -0.25) is 0 Å². The fourth-order valence-corrected chi connectivity index (χ4v) is 1.60. The molecule has 1 atom stereocenters. The molecule has 0 aliphatic rings. The van der Waals surface area contributed by atoms with Crippen molar-refractivity contribution in [3.05, 3.63) is 40.4 Å². The maximum atomic E-state index is 6.03. The minimum Gasteiger partial charge on any atom is -0.496 e. The molecule has 82 valence electrons. The number of rotatable bonds is 3. The quantitative estimate of drug-likeness (QED) is 0.801. The molecule has 3 heteroatoms. The first-order valence-corrected chi connectivity index (χ1v) is 5.16. The number of nitrogens with two attached hydrogens (primary N) is 1. The van der Waals surface area contributed by atoms with Crippen LogP contribution in [0.4, 0.5) is 0 Å². The number of allylic oxidation sites excluding steroid dienone is 1. The molecule has 0 bridgehead atoms. The summed E-state index contributed by atoms with van der Waals surface area (Å²) in [6.07, 6.45) is 1.98. The molecule has 0 spiro atoms. The highest BCUT2D eigenvalue weighted by atomic mass is 35.5. The highest BCUT2D eigenvalue weighted by molar-refractivity contribution is 6.30. The Balaban J connectivity index is 3.11. The average Bonchev–Trinajstić information content (AvgIpc) is 2.16. The number of hydrogen-bond donors (Lipinski definition) is 1. The van der Waals surface area contributed by atoms with Gasteiger partial charge in [-0.1, -0.05) is 23.3 Å². The van der Waals surface area contributed by atoms with Crippen LogP contribution in [0.3, 0.4) is 0 Å². The standard InChI is InChI=1S/C12H16ClNO/c1-8(2)6-11(14)10-7-9(13)4-5-12(10)15-3/h4-7,11H,14H2,1-3H3. The zero-order chi connectivity index (χ0) is 11.4. The molecule has 1 unspecified atom stereocenters. The van der Waals surface area contributed by atoms with Crippen LogP contribution in [0.5, 0.6) is 5.75 Å². The Hall–Kier alpha value is -0.990. The third kappa shape index (κ3) is 3.26. The largest absolute Gasteiger partial charge is 0.496 e. The lowest BCUT2D eigenvalue weighted by atomic mass is 10.0. The predicted octanol–water partition coefficient (Wildman–Crippen LogP) is 3.31. The second-order valence-corrected chi connectivity index (χ2v) is 4.09. The maximum Gasteiger partial charge on any atom is 0.124 e. The van der Waals surface area contributed by atoms with Crippen LogP contribution in [-0.2, 0) is 0 Å². The Bertz CT molecular complexity index is 370. The van der Waals surface area contributed by atoms with Crippen LogP contribution in [0, 0.1) is 0 Å². The van der Waals surface area contributed by atoms with Gasteiger partial charge in [0.1, 0.15) is 5.75 Å². The second kappa shape index (κ2) is 5.19. The molecule has 2 N–H and O–H groups in total. The Labute approximate surface area is 95.7 Å². The van der Waals surface area contributed by atoms with E-state index in [2.05, 4.69) is 0 Å².